The Kier molecular flexibility index (Phi) is 16.0. The molecule has 10 rings (SSSR count). The number of nitrogens with zero attached hydrogens (tertiary/aromatic N) is 10. The minimum absolute atomic E-state index is 0. The zero-order valence-electron chi connectivity index (χ0n) is 38.7. The maximum Gasteiger partial charge on any atom is 0.573 e. The lowest BCUT2D eigenvalue weighted by Crippen LogP contribution is -2.35. The molecule has 0 saturated carbocycles. The van der Waals surface area contributed by atoms with Crippen molar-refractivity contribution in [3.05, 3.63) is 162 Å². The largest absolute Gasteiger partial charge is 0.573 e. The van der Waals surface area contributed by atoms with Crippen molar-refractivity contribution in [3.8, 4) is 34.4 Å². The first-order valence-corrected chi connectivity index (χ1v) is 22.0. The molecule has 0 saturated heterocycles. The van der Waals surface area contributed by atoms with Crippen LogP contribution in [0.3, 0.4) is 0 Å². The summed E-state index contributed by atoms with van der Waals surface area (Å²) in [5.41, 5.74) is 9.31. The van der Waals surface area contributed by atoms with Crippen LogP contribution in [0, 0.1) is 25.5 Å². The topological polar surface area (TPSA) is 169 Å². The number of alkyl halides is 6. The fourth-order valence-corrected chi connectivity index (χ4v) is 7.76. The van der Waals surface area contributed by atoms with Crippen LogP contribution in [0.25, 0.3) is 11.4 Å². The van der Waals surface area contributed by atoms with Crippen LogP contribution in [-0.2, 0) is 0 Å². The summed E-state index contributed by atoms with van der Waals surface area (Å²) in [5.74, 6) is 0.302. The number of fused-ring (bicyclic) bond motifs is 2. The molecular weight excluding hydrogens is 1010 g/mol. The van der Waals surface area contributed by atoms with Crippen LogP contribution in [0.1, 0.15) is 42.0 Å². The molecule has 6 heterocycles. The van der Waals surface area contributed by atoms with E-state index in [0.717, 1.165) is 11.4 Å². The Hall–Kier alpha value is -8.41. The van der Waals surface area contributed by atoms with Crippen molar-refractivity contribution in [1.29, 1.82) is 0 Å². The first kappa shape index (κ1) is 53.4. The van der Waals surface area contributed by atoms with Gasteiger partial charge in [-0.15, -0.1) is 26.3 Å². The summed E-state index contributed by atoms with van der Waals surface area (Å²) in [7, 11) is 3.38. The van der Waals surface area contributed by atoms with Crippen LogP contribution in [0.15, 0.2) is 122 Å². The minimum Gasteiger partial charge on any atom is -0.486 e. The predicted octanol–water partition coefficient (Wildman–Crippen LogP) is 11.5. The summed E-state index contributed by atoms with van der Waals surface area (Å²) in [5, 5.41) is 2.98. The van der Waals surface area contributed by atoms with E-state index in [1.165, 1.54) is 55.1 Å². The predicted molar refractivity (Wildman–Crippen MR) is 260 cm³/mol. The standard InChI is InChI=1S/C24H20F4N6O2.C14H11ClF3N3O2.C10H10FN3.CH4/c1-14-11-34(13-30-14)18-8-7-15(9-17(18)25)31-23-29-10-21-22(32-23)33(2)19(12-35-21)16-5-3-4-6-20(16)36-24(26,27)28;1-21-9(7-22-11-6-19-13(15)20-12(11)21)8-4-2-3-5-10(8)23-14(16,17)18;1-7-5-14(6-13-7)10-3-2-8(12)4-9(10)11;/h3-11,13,19H,12H2,1-2H3,(H,29,31,32);2-6,9H,7H2,1H3;2-6H,12H2,1H3;1H4. The van der Waals surface area contributed by atoms with E-state index in [1.54, 1.807) is 100 Å². The smallest absolute Gasteiger partial charge is 0.486 e. The fourth-order valence-electron chi connectivity index (χ4n) is 7.63. The molecule has 3 N–H and O–H groups in total. The SMILES string of the molecule is C.CN1c2nc(Cl)ncc2OCC1c1ccccc1OC(F)(F)F.Cc1cn(-c2ccc(N)cc2F)cn1.Cc1cn(-c2ccc(Nc3ncc4c(n3)N(C)C(c3ccccc3OC(F)(F)F)CO4)cc2F)cn1. The number of likely N-dealkylation sites (N-methyl/N-ethyl adjacent to an activating group) is 2. The van der Waals surface area contributed by atoms with Crippen molar-refractivity contribution in [2.24, 2.45) is 0 Å². The van der Waals surface area contributed by atoms with Gasteiger partial charge in [-0.1, -0.05) is 43.8 Å². The number of hydrogen-bond acceptors (Lipinski definition) is 14. The van der Waals surface area contributed by atoms with Gasteiger partial charge in [0.05, 0.1) is 59.9 Å². The summed E-state index contributed by atoms with van der Waals surface area (Å²) in [6.07, 6.45) is -0.154. The van der Waals surface area contributed by atoms with E-state index >= 15 is 0 Å². The maximum absolute atomic E-state index is 14.7. The van der Waals surface area contributed by atoms with Crippen molar-refractivity contribution in [2.45, 2.75) is 46.1 Å². The van der Waals surface area contributed by atoms with Gasteiger partial charge in [-0.2, -0.15) is 9.97 Å². The van der Waals surface area contributed by atoms with Crippen LogP contribution in [0.2, 0.25) is 5.28 Å². The number of rotatable bonds is 8. The Labute approximate surface area is 422 Å². The second-order valence-corrected chi connectivity index (χ2v) is 16.4. The van der Waals surface area contributed by atoms with Crippen molar-refractivity contribution in [3.63, 3.8) is 0 Å². The lowest BCUT2D eigenvalue weighted by Gasteiger charge is -2.35. The summed E-state index contributed by atoms with van der Waals surface area (Å²) in [4.78, 5) is 28.1. The normalized spacial score (nSPS) is 14.8. The molecule has 0 spiro atoms. The van der Waals surface area contributed by atoms with E-state index in [-0.39, 0.29) is 49.2 Å². The minimum atomic E-state index is -4.83. The average molecular weight is 1050 g/mol. The molecule has 2 aliphatic rings. The Morgan fingerprint density at radius 1 is 0.649 bits per heavy atom. The number of aryl methyl sites for hydroxylation is 2. The number of nitrogens with two attached hydrogens (primary N) is 1. The quantitative estimate of drug-likeness (QED) is 0.0837. The molecular formula is C49H45ClF8N12O4. The van der Waals surface area contributed by atoms with Crippen LogP contribution in [-0.4, -0.2) is 79.1 Å². The van der Waals surface area contributed by atoms with E-state index in [4.69, 9.17) is 26.8 Å². The fraction of sp³-hybridized carbons (Fsp3) is 0.224. The summed E-state index contributed by atoms with van der Waals surface area (Å²) in [6.45, 7) is 3.86. The number of aromatic nitrogens is 8. The zero-order chi connectivity index (χ0) is 52.2. The number of imidazole rings is 2. The molecule has 2 atom stereocenters. The van der Waals surface area contributed by atoms with Crippen molar-refractivity contribution < 1.29 is 54.1 Å². The monoisotopic (exact) mass is 1050 g/mol. The highest BCUT2D eigenvalue weighted by Crippen LogP contribution is 2.42. The van der Waals surface area contributed by atoms with E-state index in [0.29, 0.717) is 57.0 Å². The molecule has 8 aromatic rings. The van der Waals surface area contributed by atoms with E-state index in [1.807, 2.05) is 13.8 Å². The molecule has 0 bridgehead atoms. The van der Waals surface area contributed by atoms with Gasteiger partial charge in [0.15, 0.2) is 23.1 Å². The Morgan fingerprint density at radius 2 is 1.12 bits per heavy atom. The van der Waals surface area contributed by atoms with E-state index in [9.17, 15) is 35.1 Å². The molecule has 388 valence electrons. The molecule has 16 nitrogen and oxygen atoms in total. The van der Waals surface area contributed by atoms with Gasteiger partial charge in [0, 0.05) is 49.0 Å². The van der Waals surface area contributed by atoms with Gasteiger partial charge in [0.1, 0.15) is 36.3 Å². The summed E-state index contributed by atoms with van der Waals surface area (Å²) >= 11 is 5.78. The molecule has 0 radical (unpaired) electrons. The number of nitrogen functional groups attached to an aromatic ring is 1. The average Bonchev–Trinajstić information content (AvgIpc) is 3.97. The second kappa shape index (κ2) is 22.1. The Balaban J connectivity index is 0.000000179. The number of hydrogen-bond donors (Lipinski definition) is 2. The third kappa shape index (κ3) is 12.8. The second-order valence-electron chi connectivity index (χ2n) is 16.1. The summed E-state index contributed by atoms with van der Waals surface area (Å²) < 4.78 is 127. The number of ether oxygens (including phenoxy) is 4. The first-order valence-electron chi connectivity index (χ1n) is 21.6. The molecule has 0 fully saturated rings. The van der Waals surface area contributed by atoms with Crippen molar-refractivity contribution in [1.82, 2.24) is 39.0 Å². The maximum atomic E-state index is 14.7. The molecule has 74 heavy (non-hydrogen) atoms. The highest BCUT2D eigenvalue weighted by atomic mass is 35.5. The lowest BCUT2D eigenvalue weighted by molar-refractivity contribution is -0.276. The van der Waals surface area contributed by atoms with Gasteiger partial charge >= 0.3 is 12.7 Å². The molecule has 0 amide bonds. The van der Waals surface area contributed by atoms with E-state index in [2.05, 4.69) is 44.7 Å². The first-order chi connectivity index (χ1) is 34.7. The van der Waals surface area contributed by atoms with Crippen molar-refractivity contribution in [2.75, 3.05) is 48.2 Å². The Morgan fingerprint density at radius 3 is 1.59 bits per heavy atom. The highest BCUT2D eigenvalue weighted by molar-refractivity contribution is 6.28. The molecule has 2 unspecified atom stereocenters. The van der Waals surface area contributed by atoms with Crippen LogP contribution >= 0.6 is 11.6 Å². The molecule has 25 heteroatoms. The van der Waals surface area contributed by atoms with Gasteiger partial charge in [-0.25, -0.2) is 28.7 Å². The molecule has 4 aromatic carbocycles. The van der Waals surface area contributed by atoms with Crippen molar-refractivity contribution >= 4 is 40.6 Å². The number of para-hydroxylation sites is 2. The zero-order valence-corrected chi connectivity index (χ0v) is 39.5. The number of halogens is 9. The van der Waals surface area contributed by atoms with Gasteiger partial charge in [-0.05, 0) is 74.0 Å². The summed E-state index contributed by atoms with van der Waals surface area (Å²) in [6, 6.07) is 19.9. The van der Waals surface area contributed by atoms with Gasteiger partial charge in [0.25, 0.3) is 0 Å². The number of nitrogens with one attached hydrogen (secondary N) is 1. The molecule has 0 aliphatic carbocycles. The third-order valence-corrected chi connectivity index (χ3v) is 11.2. The van der Waals surface area contributed by atoms with Gasteiger partial charge < -0.3 is 48.9 Å². The van der Waals surface area contributed by atoms with Crippen LogP contribution < -0.4 is 39.8 Å². The van der Waals surface area contributed by atoms with E-state index < -0.39 is 30.6 Å². The third-order valence-electron chi connectivity index (χ3n) is 11.0. The highest BCUT2D eigenvalue weighted by Gasteiger charge is 2.37. The molecule has 4 aromatic heterocycles. The number of anilines is 5. The lowest BCUT2D eigenvalue weighted by atomic mass is 10.0. The van der Waals surface area contributed by atoms with Gasteiger partial charge in [0.2, 0.25) is 11.2 Å². The Bertz CT molecular complexity index is 3230. The number of benzene rings is 4. The van der Waals surface area contributed by atoms with Crippen LogP contribution in [0.4, 0.5) is 64.1 Å². The van der Waals surface area contributed by atoms with Crippen LogP contribution in [0.5, 0.6) is 23.0 Å². The van der Waals surface area contributed by atoms with Gasteiger partial charge in [-0.3, -0.25) is 0 Å². The molecule has 2 aliphatic heterocycles.